The van der Waals surface area contributed by atoms with E-state index in [1.807, 2.05) is 40.4 Å². The normalized spacial score (nSPS) is 16.5. The lowest BCUT2D eigenvalue weighted by atomic mass is 10.1. The van der Waals surface area contributed by atoms with E-state index >= 15 is 0 Å². The van der Waals surface area contributed by atoms with Gasteiger partial charge in [-0.1, -0.05) is 0 Å². The van der Waals surface area contributed by atoms with Crippen LogP contribution in [0.15, 0.2) is 60.1 Å². The minimum atomic E-state index is -1.34. The molecule has 0 aliphatic carbocycles. The highest BCUT2D eigenvalue weighted by Gasteiger charge is 2.40. The monoisotopic (exact) mass is 643 g/mol. The summed E-state index contributed by atoms with van der Waals surface area (Å²) in [5.74, 6) is -1.10. The highest BCUT2D eigenvalue weighted by molar-refractivity contribution is 7.15. The number of alkyl halides is 1. The predicted octanol–water partition coefficient (Wildman–Crippen LogP) is 5.10. The fraction of sp³-hybridized carbons (Fsp3) is 0.233. The number of nitrogens with zero attached hydrogens (tertiary/aromatic N) is 7. The first-order valence-corrected chi connectivity index (χ1v) is 15.8. The molecule has 2 atom stereocenters. The number of rotatable bonds is 8. The van der Waals surface area contributed by atoms with Crippen LogP contribution in [0.1, 0.15) is 29.4 Å². The second-order valence-electron chi connectivity index (χ2n) is 10.7. The molecule has 1 saturated heterocycles. The molecule has 228 valence electrons. The number of amides is 2. The fourth-order valence-corrected chi connectivity index (χ4v) is 7.15. The number of likely N-dealkylation sites (tertiary alicyclic amines) is 1. The third-order valence-electron chi connectivity index (χ3n) is 7.70. The maximum atomic E-state index is 14.7. The number of ketones is 1. The van der Waals surface area contributed by atoms with Crippen LogP contribution >= 0.6 is 22.7 Å². The molecule has 1 aromatic carbocycles. The lowest BCUT2D eigenvalue weighted by Crippen LogP contribution is -2.44. The molecule has 15 heteroatoms. The average molecular weight is 644 g/mol. The maximum absolute atomic E-state index is 14.7. The second-order valence-corrected chi connectivity index (χ2v) is 12.5. The predicted molar refractivity (Wildman–Crippen MR) is 170 cm³/mol. The molecule has 0 bridgehead atoms. The molecule has 6 aromatic rings. The van der Waals surface area contributed by atoms with E-state index in [1.165, 1.54) is 40.8 Å². The minimum Gasteiger partial charge on any atom is -0.353 e. The number of imidazole rings is 1. The molecule has 2 N–H and O–H groups in total. The Morgan fingerprint density at radius 3 is 2.73 bits per heavy atom. The van der Waals surface area contributed by atoms with Crippen molar-refractivity contribution < 1.29 is 18.8 Å². The molecular weight excluding hydrogens is 618 g/mol. The van der Waals surface area contributed by atoms with Crippen LogP contribution in [-0.2, 0) is 16.1 Å². The summed E-state index contributed by atoms with van der Waals surface area (Å²) in [6, 6.07) is 4.44. The summed E-state index contributed by atoms with van der Waals surface area (Å²) in [6.45, 7) is 3.00. The molecule has 1 aliphatic heterocycles. The Morgan fingerprint density at radius 1 is 1.11 bits per heavy atom. The van der Waals surface area contributed by atoms with Gasteiger partial charge in [0.1, 0.15) is 30.8 Å². The summed E-state index contributed by atoms with van der Waals surface area (Å²) in [5.41, 5.74) is 4.82. The number of thiazole rings is 2. The third kappa shape index (κ3) is 5.44. The van der Waals surface area contributed by atoms with Gasteiger partial charge in [-0.2, -0.15) is 0 Å². The van der Waals surface area contributed by atoms with E-state index in [0.29, 0.717) is 38.7 Å². The largest absolute Gasteiger partial charge is 0.353 e. The van der Waals surface area contributed by atoms with Gasteiger partial charge >= 0.3 is 0 Å². The molecule has 2 unspecified atom stereocenters. The first-order chi connectivity index (χ1) is 21.7. The zero-order valence-electron chi connectivity index (χ0n) is 24.1. The number of benzene rings is 1. The van der Waals surface area contributed by atoms with Crippen molar-refractivity contribution in [2.75, 3.05) is 17.2 Å². The summed E-state index contributed by atoms with van der Waals surface area (Å²) in [4.78, 5) is 58.7. The number of anilines is 3. The Balaban J connectivity index is 1.09. The zero-order valence-corrected chi connectivity index (χ0v) is 25.7. The van der Waals surface area contributed by atoms with Crippen LogP contribution < -0.4 is 10.6 Å². The Morgan fingerprint density at radius 2 is 1.93 bits per heavy atom. The first kappa shape index (κ1) is 28.7. The Hall–Kier alpha value is -5.02. The molecule has 12 nitrogen and oxygen atoms in total. The van der Waals surface area contributed by atoms with E-state index in [2.05, 4.69) is 30.6 Å². The molecule has 6 heterocycles. The molecule has 5 aromatic heterocycles. The van der Waals surface area contributed by atoms with Gasteiger partial charge in [0.15, 0.2) is 15.9 Å². The van der Waals surface area contributed by atoms with Crippen molar-refractivity contribution in [3.05, 3.63) is 71.3 Å². The van der Waals surface area contributed by atoms with E-state index < -0.39 is 24.0 Å². The number of aryl methyl sites for hydroxylation is 1. The van der Waals surface area contributed by atoms with Gasteiger partial charge < -0.3 is 20.1 Å². The topological polar surface area (TPSA) is 139 Å². The van der Waals surface area contributed by atoms with Crippen molar-refractivity contribution in [2.24, 2.45) is 0 Å². The summed E-state index contributed by atoms with van der Waals surface area (Å²) < 4.78 is 18.3. The molecule has 1 aliphatic rings. The quantitative estimate of drug-likeness (QED) is 0.219. The number of nitrogens with one attached hydrogen (secondary N) is 2. The van der Waals surface area contributed by atoms with Gasteiger partial charge in [-0.05, 0) is 32.0 Å². The number of halogens is 1. The molecule has 7 rings (SSSR count). The number of fused-ring (bicyclic) bond motifs is 2. The number of hydrogen-bond donors (Lipinski definition) is 2. The highest BCUT2D eigenvalue weighted by atomic mass is 32.1. The molecule has 1 fully saturated rings. The minimum absolute atomic E-state index is 0.115. The summed E-state index contributed by atoms with van der Waals surface area (Å²) in [7, 11) is 0. The third-order valence-corrected chi connectivity index (χ3v) is 9.22. The maximum Gasteiger partial charge on any atom is 0.249 e. The van der Waals surface area contributed by atoms with Gasteiger partial charge in [0, 0.05) is 51.7 Å². The first-order valence-electron chi connectivity index (χ1n) is 14.0. The molecule has 0 radical (unpaired) electrons. The van der Waals surface area contributed by atoms with Crippen LogP contribution in [0.25, 0.3) is 27.3 Å². The highest BCUT2D eigenvalue weighted by Crippen LogP contribution is 2.31. The van der Waals surface area contributed by atoms with Crippen LogP contribution in [0.4, 0.5) is 20.9 Å². The zero-order chi connectivity index (χ0) is 31.2. The molecule has 2 amide bonds. The van der Waals surface area contributed by atoms with E-state index in [0.717, 1.165) is 16.3 Å². The van der Waals surface area contributed by atoms with Gasteiger partial charge in [-0.25, -0.2) is 24.3 Å². The summed E-state index contributed by atoms with van der Waals surface area (Å²) >= 11 is 2.77. The van der Waals surface area contributed by atoms with Crippen LogP contribution in [-0.4, -0.2) is 70.2 Å². The van der Waals surface area contributed by atoms with Crippen molar-refractivity contribution in [1.29, 1.82) is 0 Å². The molecular formula is C30H26FN9O3S2. The van der Waals surface area contributed by atoms with Crippen molar-refractivity contribution in [1.82, 2.24) is 33.8 Å². The summed E-state index contributed by atoms with van der Waals surface area (Å²) in [5, 5.41) is 10.8. The lowest BCUT2D eigenvalue weighted by Gasteiger charge is -2.23. The molecule has 45 heavy (non-hydrogen) atoms. The molecule has 0 spiro atoms. The van der Waals surface area contributed by atoms with E-state index in [-0.39, 0.29) is 25.3 Å². The smallest absolute Gasteiger partial charge is 0.249 e. The average Bonchev–Trinajstić information content (AvgIpc) is 3.83. The number of carbonyl (C=O) groups excluding carboxylic acids is 3. The van der Waals surface area contributed by atoms with Crippen LogP contribution in [0.3, 0.4) is 0 Å². The van der Waals surface area contributed by atoms with Crippen molar-refractivity contribution in [3.63, 3.8) is 0 Å². The van der Waals surface area contributed by atoms with Crippen molar-refractivity contribution >= 4 is 72.6 Å². The fourth-order valence-electron chi connectivity index (χ4n) is 5.69. The molecule has 0 saturated carbocycles. The van der Waals surface area contributed by atoms with Crippen molar-refractivity contribution in [2.45, 2.75) is 39.0 Å². The van der Waals surface area contributed by atoms with E-state index in [9.17, 15) is 18.8 Å². The van der Waals surface area contributed by atoms with Gasteiger partial charge in [-0.3, -0.25) is 18.8 Å². The number of aromatic nitrogens is 6. The second kappa shape index (κ2) is 11.5. The lowest BCUT2D eigenvalue weighted by molar-refractivity contribution is -0.137. The van der Waals surface area contributed by atoms with Crippen LogP contribution in [0.2, 0.25) is 0 Å². The summed E-state index contributed by atoms with van der Waals surface area (Å²) in [6.07, 6.45) is 6.77. The van der Waals surface area contributed by atoms with Crippen LogP contribution in [0, 0.1) is 6.92 Å². The number of hydrogen-bond acceptors (Lipinski definition) is 10. The van der Waals surface area contributed by atoms with E-state index in [1.54, 1.807) is 29.2 Å². The SMILES string of the molecule is CC(=O)c1cn(CC(=O)N2CC(F)CC2C(=O)Nc2nc(-c3c(C)nc4sccn34)cs2)c2ccc(Nc3cncnc3)cc12. The van der Waals surface area contributed by atoms with Crippen molar-refractivity contribution in [3.8, 4) is 11.4 Å². The Labute approximate surface area is 263 Å². The number of Topliss-reactive ketones (excluding diaryl/α,β-unsaturated/α-hetero) is 1. The van der Waals surface area contributed by atoms with Gasteiger partial charge in [0.25, 0.3) is 0 Å². The van der Waals surface area contributed by atoms with Crippen LogP contribution in [0.5, 0.6) is 0 Å². The standard InChI is InChI=1S/C30H26FN9O3S2/c1-16-27(39-5-6-44-30(39)34-16)23-14-45-29(36-23)37-28(43)25-7-18(31)11-40(25)26(42)13-38-12-22(17(2)41)21-8-19(3-4-24(21)38)35-20-9-32-15-33-10-20/h3-6,8-10,12,14-15,18,25,35H,7,11,13H2,1-2H3,(H,36,37,43). The van der Waals surface area contributed by atoms with Gasteiger partial charge in [0.05, 0.1) is 36.0 Å². The Bertz CT molecular complexity index is 2080. The number of carbonyl (C=O) groups is 3. The van der Waals surface area contributed by atoms with E-state index in [4.69, 9.17) is 0 Å². The van der Waals surface area contributed by atoms with Gasteiger partial charge in [-0.15, -0.1) is 22.7 Å². The Kier molecular flexibility index (Phi) is 7.33. The van der Waals surface area contributed by atoms with Gasteiger partial charge in [0.2, 0.25) is 11.8 Å².